The van der Waals surface area contributed by atoms with E-state index >= 15 is 0 Å². The maximum atomic E-state index is 4.04. The molecule has 0 aliphatic carbocycles. The average molecular weight is 272 g/mol. The molecule has 1 unspecified atom stereocenters. The Bertz CT molecular complexity index is 623. The number of H-pyrrole nitrogens is 1. The second-order valence-electron chi connectivity index (χ2n) is 4.54. The Balaban J connectivity index is 1.65. The first-order valence-corrected chi connectivity index (χ1v) is 7.00. The Morgan fingerprint density at radius 1 is 1.42 bits per heavy atom. The lowest BCUT2D eigenvalue weighted by Crippen LogP contribution is -2.34. The number of hydrogen-bond acceptors (Lipinski definition) is 6. The SMILES string of the molecule is C1=CN2CC(Cc3nn[nH]n3)Sc3cccc(c32)N1. The van der Waals surface area contributed by atoms with E-state index in [2.05, 4.69) is 55.2 Å². The van der Waals surface area contributed by atoms with Crippen molar-refractivity contribution >= 4 is 23.1 Å². The second kappa shape index (κ2) is 4.27. The molecule has 1 aromatic carbocycles. The van der Waals surface area contributed by atoms with Crippen LogP contribution in [0.25, 0.3) is 0 Å². The van der Waals surface area contributed by atoms with Crippen molar-refractivity contribution < 1.29 is 0 Å². The number of tetrazole rings is 1. The minimum Gasteiger partial charge on any atom is -0.359 e. The first kappa shape index (κ1) is 10.9. The minimum absolute atomic E-state index is 0.433. The monoisotopic (exact) mass is 272 g/mol. The standard InChI is InChI=1S/C12H12N6S/c1-2-9-12-10(3-1)19-8(6-11-14-16-17-15-11)7-18(12)5-4-13-9/h1-5,8,13H,6-7H2,(H,14,15,16,17). The van der Waals surface area contributed by atoms with E-state index in [1.54, 1.807) is 0 Å². The zero-order valence-corrected chi connectivity index (χ0v) is 10.9. The molecule has 0 radical (unpaired) electrons. The van der Waals surface area contributed by atoms with Gasteiger partial charge < -0.3 is 10.2 Å². The number of thioether (sulfide) groups is 1. The predicted molar refractivity (Wildman–Crippen MR) is 74.1 cm³/mol. The summed E-state index contributed by atoms with van der Waals surface area (Å²) >= 11 is 1.89. The molecule has 19 heavy (non-hydrogen) atoms. The molecule has 0 bridgehead atoms. The third kappa shape index (κ3) is 1.86. The van der Waals surface area contributed by atoms with Crippen LogP contribution in [-0.4, -0.2) is 32.4 Å². The number of nitrogens with one attached hydrogen (secondary N) is 2. The highest BCUT2D eigenvalue weighted by Crippen LogP contribution is 2.44. The molecular formula is C12H12N6S. The maximum absolute atomic E-state index is 4.04. The zero-order valence-electron chi connectivity index (χ0n) is 10.1. The van der Waals surface area contributed by atoms with E-state index in [9.17, 15) is 0 Å². The van der Waals surface area contributed by atoms with Crippen LogP contribution in [0.2, 0.25) is 0 Å². The van der Waals surface area contributed by atoms with Crippen LogP contribution >= 0.6 is 11.8 Å². The van der Waals surface area contributed by atoms with E-state index in [0.29, 0.717) is 5.25 Å². The molecule has 0 saturated heterocycles. The number of rotatable bonds is 2. The second-order valence-corrected chi connectivity index (χ2v) is 5.88. The summed E-state index contributed by atoms with van der Waals surface area (Å²) < 4.78 is 0. The van der Waals surface area contributed by atoms with Gasteiger partial charge in [-0.15, -0.1) is 22.0 Å². The normalized spacial score (nSPS) is 20.0. The number of anilines is 2. The lowest BCUT2D eigenvalue weighted by atomic mass is 10.2. The molecule has 0 saturated carbocycles. The lowest BCUT2D eigenvalue weighted by Gasteiger charge is -2.36. The van der Waals surface area contributed by atoms with Crippen LogP contribution in [-0.2, 0) is 6.42 Å². The predicted octanol–water partition coefficient (Wildman–Crippen LogP) is 1.62. The summed E-state index contributed by atoms with van der Waals surface area (Å²) in [5, 5.41) is 17.9. The van der Waals surface area contributed by atoms with Crippen LogP contribution in [0.5, 0.6) is 0 Å². The smallest absolute Gasteiger partial charge is 0.175 e. The molecule has 7 heteroatoms. The fourth-order valence-corrected chi connectivity index (χ4v) is 3.81. The van der Waals surface area contributed by atoms with Crippen LogP contribution in [0.1, 0.15) is 5.82 Å². The molecule has 6 nitrogen and oxygen atoms in total. The van der Waals surface area contributed by atoms with Crippen LogP contribution in [0.3, 0.4) is 0 Å². The molecule has 0 fully saturated rings. The van der Waals surface area contributed by atoms with Gasteiger partial charge in [-0.25, -0.2) is 0 Å². The molecule has 3 heterocycles. The van der Waals surface area contributed by atoms with Gasteiger partial charge in [0.05, 0.1) is 11.4 Å². The molecule has 2 N–H and O–H groups in total. The van der Waals surface area contributed by atoms with Crippen LogP contribution < -0.4 is 10.2 Å². The van der Waals surface area contributed by atoms with E-state index in [4.69, 9.17) is 0 Å². The van der Waals surface area contributed by atoms with Gasteiger partial charge in [-0.05, 0) is 12.1 Å². The first-order valence-electron chi connectivity index (χ1n) is 6.12. The zero-order chi connectivity index (χ0) is 12.7. The summed E-state index contributed by atoms with van der Waals surface area (Å²) in [6.45, 7) is 0.960. The van der Waals surface area contributed by atoms with Gasteiger partial charge in [-0.3, -0.25) is 0 Å². The molecule has 2 aromatic rings. The topological polar surface area (TPSA) is 69.7 Å². The Kier molecular flexibility index (Phi) is 2.44. The molecule has 4 rings (SSSR count). The maximum Gasteiger partial charge on any atom is 0.175 e. The number of para-hydroxylation sites is 1. The number of nitrogens with zero attached hydrogens (tertiary/aromatic N) is 4. The van der Waals surface area contributed by atoms with E-state index in [0.717, 1.165) is 18.8 Å². The Morgan fingerprint density at radius 3 is 3.32 bits per heavy atom. The summed E-state index contributed by atoms with van der Waals surface area (Å²) in [6, 6.07) is 6.36. The van der Waals surface area contributed by atoms with E-state index in [-0.39, 0.29) is 0 Å². The summed E-state index contributed by atoms with van der Waals surface area (Å²) in [7, 11) is 0. The third-order valence-electron chi connectivity index (χ3n) is 3.27. The average Bonchev–Trinajstić information content (AvgIpc) is 2.92. The van der Waals surface area contributed by atoms with E-state index < -0.39 is 0 Å². The van der Waals surface area contributed by atoms with E-state index in [1.807, 2.05) is 18.0 Å². The Morgan fingerprint density at radius 2 is 2.42 bits per heavy atom. The Hall–Kier alpha value is -2.02. The third-order valence-corrected chi connectivity index (χ3v) is 4.51. The van der Waals surface area contributed by atoms with Crippen LogP contribution in [0, 0.1) is 0 Å². The molecule has 1 atom stereocenters. The van der Waals surface area contributed by atoms with Crippen LogP contribution in [0.4, 0.5) is 11.4 Å². The van der Waals surface area contributed by atoms with Gasteiger partial charge >= 0.3 is 0 Å². The Labute approximate surface area is 114 Å². The molecule has 1 aromatic heterocycles. The van der Waals surface area contributed by atoms with Gasteiger partial charge in [0.2, 0.25) is 0 Å². The quantitative estimate of drug-likeness (QED) is 0.865. The fourth-order valence-electron chi connectivity index (χ4n) is 2.49. The van der Waals surface area contributed by atoms with Crippen LogP contribution in [0.15, 0.2) is 35.5 Å². The fraction of sp³-hybridized carbons (Fsp3) is 0.250. The van der Waals surface area contributed by atoms with E-state index in [1.165, 1.54) is 16.3 Å². The van der Waals surface area contributed by atoms with Crippen molar-refractivity contribution in [2.75, 3.05) is 16.8 Å². The summed E-state index contributed by atoms with van der Waals surface area (Å²) in [4.78, 5) is 3.59. The van der Waals surface area contributed by atoms with Gasteiger partial charge in [-0.2, -0.15) is 5.21 Å². The van der Waals surface area contributed by atoms with Crippen molar-refractivity contribution in [2.24, 2.45) is 0 Å². The summed E-state index contributed by atoms with van der Waals surface area (Å²) in [5.41, 5.74) is 2.45. The van der Waals surface area contributed by atoms with Crippen molar-refractivity contribution in [3.05, 3.63) is 36.4 Å². The number of benzene rings is 1. The number of hydrogen-bond donors (Lipinski definition) is 2. The first-order chi connectivity index (χ1) is 9.40. The van der Waals surface area contributed by atoms with Crippen molar-refractivity contribution in [1.82, 2.24) is 20.6 Å². The molecule has 0 amide bonds. The van der Waals surface area contributed by atoms with Gasteiger partial charge in [0.1, 0.15) is 0 Å². The summed E-state index contributed by atoms with van der Waals surface area (Å²) in [6.07, 6.45) is 4.89. The van der Waals surface area contributed by atoms with Gasteiger partial charge in [0.15, 0.2) is 5.82 Å². The highest BCUT2D eigenvalue weighted by atomic mass is 32.2. The lowest BCUT2D eigenvalue weighted by molar-refractivity contribution is 0.766. The molecular weight excluding hydrogens is 260 g/mol. The minimum atomic E-state index is 0.433. The highest BCUT2D eigenvalue weighted by Gasteiger charge is 2.28. The molecule has 96 valence electrons. The van der Waals surface area contributed by atoms with Crippen molar-refractivity contribution in [3.8, 4) is 0 Å². The molecule has 2 aliphatic rings. The van der Waals surface area contributed by atoms with Crippen molar-refractivity contribution in [2.45, 2.75) is 16.6 Å². The number of aromatic amines is 1. The number of aromatic nitrogens is 4. The highest BCUT2D eigenvalue weighted by molar-refractivity contribution is 8.00. The largest absolute Gasteiger partial charge is 0.359 e. The molecule has 2 aliphatic heterocycles. The summed E-state index contributed by atoms with van der Waals surface area (Å²) in [5.74, 6) is 0.774. The van der Waals surface area contributed by atoms with Crippen molar-refractivity contribution in [3.63, 3.8) is 0 Å². The van der Waals surface area contributed by atoms with Gasteiger partial charge in [0.25, 0.3) is 0 Å². The molecule has 0 spiro atoms. The van der Waals surface area contributed by atoms with Crippen molar-refractivity contribution in [1.29, 1.82) is 0 Å². The van der Waals surface area contributed by atoms with Gasteiger partial charge in [-0.1, -0.05) is 11.3 Å². The van der Waals surface area contributed by atoms with Gasteiger partial charge in [0, 0.05) is 35.5 Å².